The first kappa shape index (κ1) is 15.2. The molecule has 0 saturated carbocycles. The van der Waals surface area contributed by atoms with Crippen molar-refractivity contribution in [3.63, 3.8) is 0 Å². The molecule has 1 N–H and O–H groups in total. The van der Waals surface area contributed by atoms with Gasteiger partial charge >= 0.3 is 0 Å². The highest BCUT2D eigenvalue weighted by Crippen LogP contribution is 2.19. The van der Waals surface area contributed by atoms with E-state index in [1.807, 2.05) is 13.1 Å². The minimum absolute atomic E-state index is 0.434. The van der Waals surface area contributed by atoms with Gasteiger partial charge in [-0.05, 0) is 11.6 Å². The number of likely N-dealkylation sites (N-methyl/N-ethyl adjacent to an activating group) is 1. The van der Waals surface area contributed by atoms with Crippen LogP contribution in [0.5, 0.6) is 0 Å². The van der Waals surface area contributed by atoms with Crippen molar-refractivity contribution in [2.45, 2.75) is 26.4 Å². The second kappa shape index (κ2) is 7.56. The van der Waals surface area contributed by atoms with Crippen molar-refractivity contribution < 1.29 is 4.74 Å². The molecule has 0 aliphatic rings. The first-order chi connectivity index (χ1) is 8.54. The normalized spacial score (nSPS) is 11.0. The third kappa shape index (κ3) is 4.80. The molecule has 0 spiro atoms. The van der Waals surface area contributed by atoms with Gasteiger partial charge in [-0.3, -0.25) is 0 Å². The fourth-order valence-corrected chi connectivity index (χ4v) is 1.64. The van der Waals surface area contributed by atoms with Gasteiger partial charge in [0.05, 0.1) is 11.6 Å². The van der Waals surface area contributed by atoms with Crippen LogP contribution in [-0.2, 0) is 11.3 Å². The Morgan fingerprint density at radius 2 is 2.22 bits per heavy atom. The second-order valence-corrected chi connectivity index (χ2v) is 4.99. The number of anilines is 1. The number of rotatable bonds is 7. The third-order valence-corrected chi connectivity index (χ3v) is 2.98. The van der Waals surface area contributed by atoms with Crippen LogP contribution in [0.3, 0.4) is 0 Å². The number of hydrogen-bond donors (Lipinski definition) is 1. The van der Waals surface area contributed by atoms with Gasteiger partial charge in [-0.1, -0.05) is 25.4 Å². The Morgan fingerprint density at radius 1 is 1.50 bits per heavy atom. The Labute approximate surface area is 114 Å². The number of methoxy groups -OCH3 is 1. The van der Waals surface area contributed by atoms with Crippen LogP contribution in [0.15, 0.2) is 12.3 Å². The zero-order chi connectivity index (χ0) is 13.5. The Kier molecular flexibility index (Phi) is 6.39. The Balaban J connectivity index is 2.73. The summed E-state index contributed by atoms with van der Waals surface area (Å²) in [6.45, 7) is 6.47. The lowest BCUT2D eigenvalue weighted by Gasteiger charge is -2.19. The lowest BCUT2D eigenvalue weighted by molar-refractivity contribution is 0.206. The molecule has 0 amide bonds. The lowest BCUT2D eigenvalue weighted by atomic mass is 10.2. The van der Waals surface area contributed by atoms with Gasteiger partial charge in [-0.2, -0.15) is 0 Å². The van der Waals surface area contributed by atoms with E-state index < -0.39 is 0 Å². The molecule has 0 saturated heterocycles. The fourth-order valence-electron chi connectivity index (χ4n) is 1.47. The predicted octanol–water partition coefficient (Wildman–Crippen LogP) is 2.32. The van der Waals surface area contributed by atoms with Gasteiger partial charge in [0.15, 0.2) is 0 Å². The molecule has 0 unspecified atom stereocenters. The quantitative estimate of drug-likeness (QED) is 0.826. The summed E-state index contributed by atoms with van der Waals surface area (Å²) in [5, 5.41) is 4.06. The maximum Gasteiger partial charge on any atom is 0.128 e. The molecular weight excluding hydrogens is 250 g/mol. The molecule has 1 heterocycles. The highest BCUT2D eigenvalue weighted by Gasteiger charge is 2.07. The van der Waals surface area contributed by atoms with E-state index in [0.29, 0.717) is 17.7 Å². The number of aromatic nitrogens is 1. The average Bonchev–Trinajstić information content (AvgIpc) is 2.34. The van der Waals surface area contributed by atoms with Crippen molar-refractivity contribution in [3.05, 3.63) is 22.8 Å². The van der Waals surface area contributed by atoms with Gasteiger partial charge in [0.1, 0.15) is 5.82 Å². The highest BCUT2D eigenvalue weighted by molar-refractivity contribution is 6.31. The van der Waals surface area contributed by atoms with Crippen LogP contribution >= 0.6 is 11.6 Å². The largest absolute Gasteiger partial charge is 0.383 e. The van der Waals surface area contributed by atoms with Crippen molar-refractivity contribution in [1.82, 2.24) is 10.3 Å². The third-order valence-electron chi connectivity index (χ3n) is 2.64. The lowest BCUT2D eigenvalue weighted by Crippen LogP contribution is -2.24. The van der Waals surface area contributed by atoms with Crippen LogP contribution in [0.4, 0.5) is 5.82 Å². The molecule has 18 heavy (non-hydrogen) atoms. The number of pyridine rings is 1. The van der Waals surface area contributed by atoms with Gasteiger partial charge < -0.3 is 15.0 Å². The maximum absolute atomic E-state index is 6.14. The van der Waals surface area contributed by atoms with E-state index in [2.05, 4.69) is 29.0 Å². The fraction of sp³-hybridized carbons (Fsp3) is 0.615. The second-order valence-electron chi connectivity index (χ2n) is 4.58. The molecule has 1 aromatic heterocycles. The van der Waals surface area contributed by atoms with Gasteiger partial charge in [-0.15, -0.1) is 0 Å². The molecule has 0 aliphatic heterocycles. The Bertz CT molecular complexity index is 371. The molecule has 0 aliphatic carbocycles. The van der Waals surface area contributed by atoms with Crippen LogP contribution < -0.4 is 10.2 Å². The summed E-state index contributed by atoms with van der Waals surface area (Å²) in [5.41, 5.74) is 1.07. The molecule has 0 fully saturated rings. The minimum Gasteiger partial charge on any atom is -0.383 e. The van der Waals surface area contributed by atoms with E-state index in [1.165, 1.54) is 0 Å². The molecule has 0 atom stereocenters. The van der Waals surface area contributed by atoms with Gasteiger partial charge in [0.2, 0.25) is 0 Å². The molecule has 1 rings (SSSR count). The summed E-state index contributed by atoms with van der Waals surface area (Å²) >= 11 is 6.14. The minimum atomic E-state index is 0.434. The zero-order valence-electron chi connectivity index (χ0n) is 11.5. The van der Waals surface area contributed by atoms with E-state index in [4.69, 9.17) is 16.3 Å². The van der Waals surface area contributed by atoms with E-state index >= 15 is 0 Å². The first-order valence-corrected chi connectivity index (χ1v) is 6.50. The number of nitrogens with zero attached hydrogens (tertiary/aromatic N) is 2. The zero-order valence-corrected chi connectivity index (χ0v) is 12.3. The molecule has 1 aromatic rings. The summed E-state index contributed by atoms with van der Waals surface area (Å²) in [6, 6.07) is 2.46. The maximum atomic E-state index is 6.14. The van der Waals surface area contributed by atoms with Crippen LogP contribution in [0.2, 0.25) is 5.02 Å². The summed E-state index contributed by atoms with van der Waals surface area (Å²) in [5.74, 6) is 0.914. The van der Waals surface area contributed by atoms with Gasteiger partial charge in [-0.25, -0.2) is 4.98 Å². The van der Waals surface area contributed by atoms with E-state index in [9.17, 15) is 0 Å². The highest BCUT2D eigenvalue weighted by atomic mass is 35.5. The van der Waals surface area contributed by atoms with Crippen molar-refractivity contribution in [3.8, 4) is 0 Å². The topological polar surface area (TPSA) is 37.4 Å². The molecule has 5 heteroatoms. The Hall–Kier alpha value is -0.840. The number of halogens is 1. The number of ether oxygens (including phenoxy) is 1. The van der Waals surface area contributed by atoms with Crippen molar-refractivity contribution in [1.29, 1.82) is 0 Å². The van der Waals surface area contributed by atoms with E-state index in [1.54, 1.807) is 13.3 Å². The summed E-state index contributed by atoms with van der Waals surface area (Å²) in [4.78, 5) is 6.38. The van der Waals surface area contributed by atoms with Crippen molar-refractivity contribution in [2.24, 2.45) is 0 Å². The average molecular weight is 272 g/mol. The summed E-state index contributed by atoms with van der Waals surface area (Å²) in [6.07, 6.45) is 1.71. The SMILES string of the molecule is COCCN(C)c1cc(CNC(C)C)c(Cl)cn1. The van der Waals surface area contributed by atoms with Crippen molar-refractivity contribution >= 4 is 17.4 Å². The van der Waals surface area contributed by atoms with Crippen LogP contribution in [0, 0.1) is 0 Å². The summed E-state index contributed by atoms with van der Waals surface area (Å²) < 4.78 is 5.06. The van der Waals surface area contributed by atoms with Gasteiger partial charge in [0.25, 0.3) is 0 Å². The number of hydrogen-bond acceptors (Lipinski definition) is 4. The molecule has 0 aromatic carbocycles. The smallest absolute Gasteiger partial charge is 0.128 e. The van der Waals surface area contributed by atoms with Crippen molar-refractivity contribution in [2.75, 3.05) is 32.2 Å². The molecule has 0 bridgehead atoms. The molecular formula is C13H22ClN3O. The number of nitrogens with one attached hydrogen (secondary N) is 1. The monoisotopic (exact) mass is 271 g/mol. The van der Waals surface area contributed by atoms with Crippen LogP contribution in [0.1, 0.15) is 19.4 Å². The standard InChI is InChI=1S/C13H22ClN3O/c1-10(2)15-8-11-7-13(16-9-12(11)14)17(3)5-6-18-4/h7,9-10,15H,5-6,8H2,1-4H3. The Morgan fingerprint density at radius 3 is 2.83 bits per heavy atom. The predicted molar refractivity (Wildman–Crippen MR) is 76.4 cm³/mol. The van der Waals surface area contributed by atoms with Crippen LogP contribution in [-0.4, -0.2) is 38.3 Å². The van der Waals surface area contributed by atoms with Crippen LogP contribution in [0.25, 0.3) is 0 Å². The first-order valence-electron chi connectivity index (χ1n) is 6.12. The van der Waals surface area contributed by atoms with Gasteiger partial charge in [0, 0.05) is 39.5 Å². The summed E-state index contributed by atoms with van der Waals surface area (Å²) in [7, 11) is 3.69. The molecule has 0 radical (unpaired) electrons. The van der Waals surface area contributed by atoms with E-state index in [-0.39, 0.29) is 0 Å². The molecule has 102 valence electrons. The van der Waals surface area contributed by atoms with E-state index in [0.717, 1.165) is 24.5 Å². The molecule has 4 nitrogen and oxygen atoms in total.